The summed E-state index contributed by atoms with van der Waals surface area (Å²) in [5, 5.41) is 4.29. The average Bonchev–Trinajstić information content (AvgIpc) is 2.98. The largest absolute Gasteiger partial charge is 0.342 e. The molecule has 2 saturated heterocycles. The molecule has 0 radical (unpaired) electrons. The van der Waals surface area contributed by atoms with E-state index < -0.39 is 5.92 Å². The van der Waals surface area contributed by atoms with Gasteiger partial charge in [0.2, 0.25) is 5.91 Å². The van der Waals surface area contributed by atoms with Crippen LogP contribution >= 0.6 is 0 Å². The first-order valence-electron chi connectivity index (χ1n) is 8.81. The van der Waals surface area contributed by atoms with E-state index in [4.69, 9.17) is 0 Å². The van der Waals surface area contributed by atoms with Gasteiger partial charge in [0, 0.05) is 45.2 Å². The lowest BCUT2D eigenvalue weighted by atomic mass is 9.95. The third-order valence-corrected chi connectivity index (χ3v) is 5.07. The predicted molar refractivity (Wildman–Crippen MR) is 86.9 cm³/mol. The Hall–Kier alpha value is -1.50. The van der Waals surface area contributed by atoms with Crippen molar-refractivity contribution in [2.45, 2.75) is 45.1 Å². The van der Waals surface area contributed by atoms with Gasteiger partial charge in [0.15, 0.2) is 0 Å². The van der Waals surface area contributed by atoms with E-state index in [9.17, 15) is 13.6 Å². The highest BCUT2D eigenvalue weighted by Gasteiger charge is 2.38. The van der Waals surface area contributed by atoms with Crippen molar-refractivity contribution in [2.24, 2.45) is 5.92 Å². The first kappa shape index (κ1) is 17.3. The number of aryl methyl sites for hydroxylation is 1. The van der Waals surface area contributed by atoms with Crippen LogP contribution in [-0.4, -0.2) is 64.1 Å². The third-order valence-electron chi connectivity index (χ3n) is 5.07. The van der Waals surface area contributed by atoms with Crippen LogP contribution in [0.2, 0.25) is 0 Å². The number of halogens is 2. The zero-order valence-corrected chi connectivity index (χ0v) is 14.3. The lowest BCUT2D eigenvalue weighted by molar-refractivity contribution is -0.143. The van der Waals surface area contributed by atoms with Crippen LogP contribution in [0.1, 0.15) is 31.2 Å². The standard InChI is InChI=1S/C17H26F2N4O/c1-14-11-20-23(12-14)10-9-21-6-2-3-15(13-21)16(24)22-7-4-17(18,19)5-8-22/h11-12,15H,2-10,13H2,1H3. The molecule has 24 heavy (non-hydrogen) atoms. The minimum atomic E-state index is -2.60. The summed E-state index contributed by atoms with van der Waals surface area (Å²) in [4.78, 5) is 16.6. The Morgan fingerprint density at radius 1 is 1.29 bits per heavy atom. The van der Waals surface area contributed by atoms with Gasteiger partial charge in [-0.05, 0) is 31.9 Å². The summed E-state index contributed by atoms with van der Waals surface area (Å²) in [6, 6.07) is 0. The SMILES string of the molecule is Cc1cnn(CCN2CCCC(C(=O)N3CCC(F)(F)CC3)C2)c1. The summed E-state index contributed by atoms with van der Waals surface area (Å²) in [5.41, 5.74) is 1.14. The maximum atomic E-state index is 13.3. The Morgan fingerprint density at radius 3 is 2.71 bits per heavy atom. The number of aromatic nitrogens is 2. The monoisotopic (exact) mass is 340 g/mol. The van der Waals surface area contributed by atoms with Crippen molar-refractivity contribution in [1.29, 1.82) is 0 Å². The molecular formula is C17H26F2N4O. The van der Waals surface area contributed by atoms with E-state index in [1.165, 1.54) is 0 Å². The first-order chi connectivity index (χ1) is 11.4. The van der Waals surface area contributed by atoms with Gasteiger partial charge in [0.1, 0.15) is 0 Å². The molecule has 0 bridgehead atoms. The van der Waals surface area contributed by atoms with Gasteiger partial charge in [-0.15, -0.1) is 0 Å². The fourth-order valence-corrected chi connectivity index (χ4v) is 3.61. The van der Waals surface area contributed by atoms with Gasteiger partial charge in [-0.2, -0.15) is 5.10 Å². The van der Waals surface area contributed by atoms with Gasteiger partial charge in [-0.3, -0.25) is 9.48 Å². The molecule has 0 spiro atoms. The third kappa shape index (κ3) is 4.32. The molecule has 7 heteroatoms. The van der Waals surface area contributed by atoms with Gasteiger partial charge < -0.3 is 9.80 Å². The van der Waals surface area contributed by atoms with Gasteiger partial charge in [0.05, 0.1) is 18.7 Å². The number of rotatable bonds is 4. The molecule has 2 aliphatic heterocycles. The Kier molecular flexibility index (Phi) is 5.18. The van der Waals surface area contributed by atoms with Gasteiger partial charge in [0.25, 0.3) is 5.92 Å². The maximum absolute atomic E-state index is 13.3. The Labute approximate surface area is 141 Å². The van der Waals surface area contributed by atoms with Crippen LogP contribution in [0.25, 0.3) is 0 Å². The van der Waals surface area contributed by atoms with Crippen LogP contribution in [0.5, 0.6) is 0 Å². The molecule has 3 heterocycles. The second-order valence-electron chi connectivity index (χ2n) is 7.10. The molecule has 1 atom stereocenters. The lowest BCUT2D eigenvalue weighted by Crippen LogP contribution is -2.49. The van der Waals surface area contributed by atoms with Crippen LogP contribution in [0.15, 0.2) is 12.4 Å². The van der Waals surface area contributed by atoms with Gasteiger partial charge >= 0.3 is 0 Å². The zero-order chi connectivity index (χ0) is 17.2. The highest BCUT2D eigenvalue weighted by atomic mass is 19.3. The number of piperidine rings is 2. The average molecular weight is 340 g/mol. The number of hydrogen-bond acceptors (Lipinski definition) is 3. The van der Waals surface area contributed by atoms with Crippen LogP contribution in [-0.2, 0) is 11.3 Å². The zero-order valence-electron chi connectivity index (χ0n) is 14.3. The van der Waals surface area contributed by atoms with Gasteiger partial charge in [-0.1, -0.05) is 0 Å². The van der Waals surface area contributed by atoms with E-state index in [1.807, 2.05) is 24.0 Å². The van der Waals surface area contributed by atoms with Crippen molar-refractivity contribution in [1.82, 2.24) is 19.6 Å². The number of carbonyl (C=O) groups excluding carboxylic acids is 1. The first-order valence-corrected chi connectivity index (χ1v) is 8.81. The summed E-state index contributed by atoms with van der Waals surface area (Å²) in [5.74, 6) is -2.59. The quantitative estimate of drug-likeness (QED) is 0.843. The molecule has 0 aromatic carbocycles. The number of alkyl halides is 2. The topological polar surface area (TPSA) is 41.4 Å². The molecule has 3 rings (SSSR count). The maximum Gasteiger partial charge on any atom is 0.251 e. The normalized spacial score (nSPS) is 25.0. The summed E-state index contributed by atoms with van der Waals surface area (Å²) >= 11 is 0. The molecule has 134 valence electrons. The number of hydrogen-bond donors (Lipinski definition) is 0. The van der Waals surface area contributed by atoms with E-state index in [2.05, 4.69) is 10.00 Å². The van der Waals surface area contributed by atoms with Crippen LogP contribution in [0.3, 0.4) is 0 Å². The molecule has 1 amide bonds. The molecule has 1 aromatic rings. The smallest absolute Gasteiger partial charge is 0.251 e. The highest BCUT2D eigenvalue weighted by Crippen LogP contribution is 2.29. The van der Waals surface area contributed by atoms with Crippen LogP contribution in [0, 0.1) is 12.8 Å². The lowest BCUT2D eigenvalue weighted by Gasteiger charge is -2.37. The summed E-state index contributed by atoms with van der Waals surface area (Å²) in [6.45, 7) is 5.78. The van der Waals surface area contributed by atoms with E-state index in [0.717, 1.165) is 44.6 Å². The Balaban J connectivity index is 1.48. The molecule has 0 saturated carbocycles. The number of nitrogens with zero attached hydrogens (tertiary/aromatic N) is 4. The number of carbonyl (C=O) groups is 1. The summed E-state index contributed by atoms with van der Waals surface area (Å²) in [7, 11) is 0. The minimum Gasteiger partial charge on any atom is -0.342 e. The molecule has 2 fully saturated rings. The Bertz CT molecular complexity index is 565. The van der Waals surface area contributed by atoms with Crippen molar-refractivity contribution in [3.8, 4) is 0 Å². The number of amides is 1. The Morgan fingerprint density at radius 2 is 2.04 bits per heavy atom. The van der Waals surface area contributed by atoms with E-state index >= 15 is 0 Å². The molecule has 2 aliphatic rings. The second kappa shape index (κ2) is 7.17. The van der Waals surface area contributed by atoms with E-state index in [-0.39, 0.29) is 37.8 Å². The van der Waals surface area contributed by atoms with Gasteiger partial charge in [-0.25, -0.2) is 8.78 Å². The predicted octanol–water partition coefficient (Wildman–Crippen LogP) is 2.16. The number of likely N-dealkylation sites (tertiary alicyclic amines) is 2. The molecule has 0 N–H and O–H groups in total. The van der Waals surface area contributed by atoms with Crippen molar-refractivity contribution in [3.05, 3.63) is 18.0 Å². The van der Waals surface area contributed by atoms with Crippen molar-refractivity contribution in [2.75, 3.05) is 32.7 Å². The van der Waals surface area contributed by atoms with Crippen molar-refractivity contribution in [3.63, 3.8) is 0 Å². The van der Waals surface area contributed by atoms with Crippen molar-refractivity contribution < 1.29 is 13.6 Å². The fourth-order valence-electron chi connectivity index (χ4n) is 3.61. The molecule has 1 aromatic heterocycles. The van der Waals surface area contributed by atoms with Crippen molar-refractivity contribution >= 4 is 5.91 Å². The summed E-state index contributed by atoms with van der Waals surface area (Å²) in [6.07, 6.45) is 5.30. The molecule has 1 unspecified atom stereocenters. The van der Waals surface area contributed by atoms with E-state index in [0.29, 0.717) is 0 Å². The van der Waals surface area contributed by atoms with Crippen LogP contribution in [0.4, 0.5) is 8.78 Å². The highest BCUT2D eigenvalue weighted by molar-refractivity contribution is 5.79. The molecular weight excluding hydrogens is 314 g/mol. The molecule has 0 aliphatic carbocycles. The fraction of sp³-hybridized carbons (Fsp3) is 0.765. The minimum absolute atomic E-state index is 0.0511. The van der Waals surface area contributed by atoms with E-state index in [1.54, 1.807) is 4.90 Å². The summed E-state index contributed by atoms with van der Waals surface area (Å²) < 4.78 is 28.4. The molecule has 5 nitrogen and oxygen atoms in total. The van der Waals surface area contributed by atoms with Crippen LogP contribution < -0.4 is 0 Å². The second-order valence-corrected chi connectivity index (χ2v) is 7.10.